The summed E-state index contributed by atoms with van der Waals surface area (Å²) in [5.41, 5.74) is 3.75. The number of hydrogen-bond acceptors (Lipinski definition) is 4. The fraction of sp³-hybridized carbons (Fsp3) is 0.222. The van der Waals surface area contributed by atoms with Gasteiger partial charge in [-0.2, -0.15) is 0 Å². The number of thiophene rings is 1. The Balaban J connectivity index is 1.64. The van der Waals surface area contributed by atoms with Gasteiger partial charge in [-0.15, -0.1) is 22.7 Å². The second kappa shape index (κ2) is 7.87. The van der Waals surface area contributed by atoms with Crippen molar-refractivity contribution in [2.24, 2.45) is 0 Å². The van der Waals surface area contributed by atoms with Gasteiger partial charge in [-0.25, -0.2) is 4.98 Å². The number of benzene rings is 1. The Hall–Kier alpha value is -1.40. The summed E-state index contributed by atoms with van der Waals surface area (Å²) in [4.78, 5) is 16.7. The highest BCUT2D eigenvalue weighted by Crippen LogP contribution is 2.38. The van der Waals surface area contributed by atoms with E-state index >= 15 is 0 Å². The molecule has 0 atom stereocenters. The normalized spacial score (nSPS) is 11.1. The predicted molar refractivity (Wildman–Crippen MR) is 108 cm³/mol. The van der Waals surface area contributed by atoms with Crippen molar-refractivity contribution in [2.45, 2.75) is 26.2 Å². The Morgan fingerprint density at radius 1 is 1.24 bits per heavy atom. The molecule has 130 valence electrons. The largest absolute Gasteiger partial charge is 0.302 e. The molecule has 1 amide bonds. The molecule has 3 aromatic rings. The lowest BCUT2D eigenvalue weighted by molar-refractivity contribution is -0.115. The monoisotopic (exact) mass is 410 g/mol. The third-order valence-corrected chi connectivity index (χ3v) is 5.94. The average Bonchev–Trinajstić information content (AvgIpc) is 3.13. The highest BCUT2D eigenvalue weighted by Gasteiger charge is 2.13. The van der Waals surface area contributed by atoms with Gasteiger partial charge in [0.05, 0.1) is 16.5 Å². The van der Waals surface area contributed by atoms with E-state index in [1.807, 2.05) is 17.5 Å². The van der Waals surface area contributed by atoms with Crippen molar-refractivity contribution in [3.05, 3.63) is 55.5 Å². The molecule has 0 aliphatic carbocycles. The second-order valence-corrected chi connectivity index (χ2v) is 9.04. The van der Waals surface area contributed by atoms with Gasteiger partial charge in [0.25, 0.3) is 0 Å². The Morgan fingerprint density at radius 3 is 2.56 bits per heavy atom. The van der Waals surface area contributed by atoms with Gasteiger partial charge in [0, 0.05) is 10.9 Å². The van der Waals surface area contributed by atoms with Crippen LogP contribution in [0.1, 0.15) is 30.9 Å². The Morgan fingerprint density at radius 2 is 1.96 bits per heavy atom. The van der Waals surface area contributed by atoms with Crippen molar-refractivity contribution >= 4 is 56.9 Å². The lowest BCUT2D eigenvalue weighted by atomic mass is 10.0. The molecule has 0 aliphatic rings. The number of anilines is 1. The first kappa shape index (κ1) is 18.4. The zero-order valence-electron chi connectivity index (χ0n) is 13.7. The summed E-state index contributed by atoms with van der Waals surface area (Å²) in [5.74, 6) is 0.390. The molecule has 3 nitrogen and oxygen atoms in total. The van der Waals surface area contributed by atoms with Crippen LogP contribution in [0.25, 0.3) is 11.3 Å². The van der Waals surface area contributed by atoms with Gasteiger partial charge in [-0.05, 0) is 23.1 Å². The Labute approximate surface area is 164 Å². The van der Waals surface area contributed by atoms with Gasteiger partial charge >= 0.3 is 0 Å². The van der Waals surface area contributed by atoms with E-state index in [0.29, 0.717) is 26.1 Å². The molecule has 7 heteroatoms. The first-order chi connectivity index (χ1) is 11.9. The van der Waals surface area contributed by atoms with E-state index in [2.05, 4.69) is 36.3 Å². The molecule has 3 rings (SSSR count). The summed E-state index contributed by atoms with van der Waals surface area (Å²) in [7, 11) is 0. The van der Waals surface area contributed by atoms with E-state index in [0.717, 1.165) is 16.8 Å². The van der Waals surface area contributed by atoms with Crippen LogP contribution in [-0.4, -0.2) is 10.9 Å². The lowest BCUT2D eigenvalue weighted by Crippen LogP contribution is -2.14. The minimum atomic E-state index is -0.0901. The molecule has 0 spiro atoms. The number of hydrogen-bond donors (Lipinski definition) is 1. The highest BCUT2D eigenvalue weighted by molar-refractivity contribution is 7.20. The zero-order valence-corrected chi connectivity index (χ0v) is 16.8. The molecule has 25 heavy (non-hydrogen) atoms. The summed E-state index contributed by atoms with van der Waals surface area (Å²) < 4.78 is 1.21. The highest BCUT2D eigenvalue weighted by atomic mass is 35.5. The molecule has 0 radical (unpaired) electrons. The molecule has 1 aromatic carbocycles. The Bertz CT molecular complexity index is 885. The molecule has 0 saturated heterocycles. The molecule has 0 bridgehead atoms. The van der Waals surface area contributed by atoms with Crippen molar-refractivity contribution in [3.63, 3.8) is 0 Å². The molecule has 0 unspecified atom stereocenters. The predicted octanol–water partition coefficient (Wildman–Crippen LogP) is 6.48. The van der Waals surface area contributed by atoms with E-state index in [9.17, 15) is 4.79 Å². The smallest absolute Gasteiger partial charge is 0.230 e. The summed E-state index contributed by atoms with van der Waals surface area (Å²) >= 11 is 14.8. The maximum atomic E-state index is 12.2. The van der Waals surface area contributed by atoms with Crippen molar-refractivity contribution in [2.75, 3.05) is 5.32 Å². The van der Waals surface area contributed by atoms with Crippen LogP contribution in [0.2, 0.25) is 8.67 Å². The van der Waals surface area contributed by atoms with Crippen LogP contribution in [0.15, 0.2) is 35.7 Å². The van der Waals surface area contributed by atoms with E-state index in [1.54, 1.807) is 6.07 Å². The van der Waals surface area contributed by atoms with Gasteiger partial charge in [0.2, 0.25) is 5.91 Å². The number of nitrogens with one attached hydrogen (secondary N) is 1. The number of carbonyl (C=O) groups is 1. The standard InChI is InChI=1S/C18H16Cl2N2OS2/c1-10(2)12-5-3-11(4-6-12)7-16(23)22-18-21-14(9-24-18)13-8-15(19)25-17(13)20/h3-6,8-10H,7H2,1-2H3,(H,21,22,23). The minimum absolute atomic E-state index is 0.0901. The van der Waals surface area contributed by atoms with E-state index in [1.165, 1.54) is 28.2 Å². The van der Waals surface area contributed by atoms with Crippen molar-refractivity contribution in [1.29, 1.82) is 0 Å². The zero-order chi connectivity index (χ0) is 18.0. The maximum Gasteiger partial charge on any atom is 0.230 e. The number of rotatable bonds is 5. The number of nitrogens with zero attached hydrogens (tertiary/aromatic N) is 1. The van der Waals surface area contributed by atoms with Gasteiger partial charge in [0.15, 0.2) is 5.13 Å². The van der Waals surface area contributed by atoms with Crippen molar-refractivity contribution < 1.29 is 4.79 Å². The number of thiazole rings is 1. The summed E-state index contributed by atoms with van der Waals surface area (Å²) in [5, 5.41) is 5.25. The first-order valence-corrected chi connectivity index (χ1v) is 10.2. The summed E-state index contributed by atoms with van der Waals surface area (Å²) in [6.45, 7) is 4.30. The van der Waals surface area contributed by atoms with E-state index in [-0.39, 0.29) is 5.91 Å². The topological polar surface area (TPSA) is 42.0 Å². The van der Waals surface area contributed by atoms with Crippen LogP contribution in [0.5, 0.6) is 0 Å². The number of carbonyl (C=O) groups excluding carboxylic acids is 1. The molecule has 0 saturated carbocycles. The van der Waals surface area contributed by atoms with Crippen LogP contribution in [0, 0.1) is 0 Å². The van der Waals surface area contributed by atoms with Gasteiger partial charge < -0.3 is 5.32 Å². The molecule has 0 aliphatic heterocycles. The maximum absolute atomic E-state index is 12.2. The Kier molecular flexibility index (Phi) is 5.79. The van der Waals surface area contributed by atoms with E-state index < -0.39 is 0 Å². The quantitative estimate of drug-likeness (QED) is 0.522. The fourth-order valence-corrected chi connectivity index (χ4v) is 4.55. The van der Waals surface area contributed by atoms with Gasteiger partial charge in [-0.3, -0.25) is 4.79 Å². The van der Waals surface area contributed by atoms with Gasteiger partial charge in [-0.1, -0.05) is 61.3 Å². The number of halogens is 2. The summed E-state index contributed by atoms with van der Waals surface area (Å²) in [6, 6.07) is 9.91. The molecule has 1 N–H and O–H groups in total. The van der Waals surface area contributed by atoms with Crippen LogP contribution in [-0.2, 0) is 11.2 Å². The third kappa shape index (κ3) is 4.61. The van der Waals surface area contributed by atoms with Crippen LogP contribution in [0.3, 0.4) is 0 Å². The van der Waals surface area contributed by atoms with Crippen LogP contribution < -0.4 is 5.32 Å². The van der Waals surface area contributed by atoms with Crippen LogP contribution in [0.4, 0.5) is 5.13 Å². The second-order valence-electron chi connectivity index (χ2n) is 5.90. The lowest BCUT2D eigenvalue weighted by Gasteiger charge is -2.06. The molecule has 2 aromatic heterocycles. The SMILES string of the molecule is CC(C)c1ccc(CC(=O)Nc2nc(-c3cc(Cl)sc3Cl)cs2)cc1. The minimum Gasteiger partial charge on any atom is -0.302 e. The molecular weight excluding hydrogens is 395 g/mol. The molecule has 0 fully saturated rings. The van der Waals surface area contributed by atoms with Crippen molar-refractivity contribution in [3.8, 4) is 11.3 Å². The third-order valence-electron chi connectivity index (χ3n) is 3.69. The number of aromatic nitrogens is 1. The summed E-state index contributed by atoms with van der Waals surface area (Å²) in [6.07, 6.45) is 0.318. The first-order valence-electron chi connectivity index (χ1n) is 7.72. The van der Waals surface area contributed by atoms with Crippen LogP contribution >= 0.6 is 45.9 Å². The molecular formula is C18H16Cl2N2OS2. The average molecular weight is 411 g/mol. The number of amides is 1. The van der Waals surface area contributed by atoms with Crippen molar-refractivity contribution in [1.82, 2.24) is 4.98 Å². The van der Waals surface area contributed by atoms with Gasteiger partial charge in [0.1, 0.15) is 4.34 Å². The van der Waals surface area contributed by atoms with E-state index in [4.69, 9.17) is 23.2 Å². The molecule has 2 heterocycles. The fourth-order valence-electron chi connectivity index (χ4n) is 2.34.